The summed E-state index contributed by atoms with van der Waals surface area (Å²) in [5.74, 6) is -2.51. The van der Waals surface area contributed by atoms with E-state index in [9.17, 15) is 66.7 Å². The summed E-state index contributed by atoms with van der Waals surface area (Å²) >= 11 is 0. The van der Waals surface area contributed by atoms with Crippen LogP contribution in [0.1, 0.15) is 43.0 Å². The van der Waals surface area contributed by atoms with Crippen LogP contribution in [0, 0.1) is 11.3 Å². The lowest BCUT2D eigenvalue weighted by Gasteiger charge is -2.32. The molecule has 3 aromatic rings. The van der Waals surface area contributed by atoms with Gasteiger partial charge in [-0.3, -0.25) is 9.59 Å². The predicted octanol–water partition coefficient (Wildman–Crippen LogP) is 8.41. The number of benzene rings is 3. The molecule has 0 bridgehead atoms. The van der Waals surface area contributed by atoms with E-state index in [1.807, 2.05) is 6.07 Å². The van der Waals surface area contributed by atoms with Gasteiger partial charge in [0.25, 0.3) is 11.8 Å². The van der Waals surface area contributed by atoms with E-state index in [4.69, 9.17) is 5.26 Å². The molecule has 0 aliphatic carbocycles. The molecule has 0 heterocycles. The number of carbonyl (C=O) groups is 2. The fourth-order valence-corrected chi connectivity index (χ4v) is 3.95. The Labute approximate surface area is 243 Å². The van der Waals surface area contributed by atoms with Crippen LogP contribution < -0.4 is 10.2 Å². The zero-order chi connectivity index (χ0) is 34.3. The number of halogens is 13. The predicted molar refractivity (Wildman–Crippen MR) is 130 cm³/mol. The fraction of sp³-hybridized carbons (Fsp3) is 0.222. The number of hydrogen-bond donors (Lipinski definition) is 1. The molecule has 0 spiro atoms. The highest BCUT2D eigenvalue weighted by Gasteiger charge is 2.74. The Morgan fingerprint density at radius 2 is 1.20 bits per heavy atom. The molecule has 45 heavy (non-hydrogen) atoms. The lowest BCUT2D eigenvalue weighted by molar-refractivity contribution is -0.348. The van der Waals surface area contributed by atoms with E-state index in [0.717, 1.165) is 23.1 Å². The van der Waals surface area contributed by atoms with Crippen molar-refractivity contribution >= 4 is 23.2 Å². The maximum atomic E-state index is 14.6. The molecule has 3 rings (SSSR count). The molecule has 2 amide bonds. The van der Waals surface area contributed by atoms with E-state index in [2.05, 4.69) is 0 Å². The highest BCUT2D eigenvalue weighted by Crippen LogP contribution is 2.55. The molecule has 0 aliphatic heterocycles. The monoisotopic (exact) mass is 659 g/mol. The first-order valence-corrected chi connectivity index (χ1v) is 11.8. The van der Waals surface area contributed by atoms with Crippen molar-refractivity contribution in [2.45, 2.75) is 30.4 Å². The lowest BCUT2D eigenvalue weighted by Crippen LogP contribution is -2.50. The molecule has 18 heteroatoms. The van der Waals surface area contributed by atoms with E-state index in [1.165, 1.54) is 42.7 Å². The van der Waals surface area contributed by atoms with E-state index >= 15 is 0 Å². The Morgan fingerprint density at radius 3 is 1.62 bits per heavy atom. The van der Waals surface area contributed by atoms with Crippen molar-refractivity contribution < 1.29 is 66.7 Å². The fourth-order valence-electron chi connectivity index (χ4n) is 3.95. The van der Waals surface area contributed by atoms with Crippen molar-refractivity contribution in [1.29, 1.82) is 5.26 Å². The van der Waals surface area contributed by atoms with Gasteiger partial charge in [-0.25, -0.2) is 4.39 Å². The second-order valence-corrected chi connectivity index (χ2v) is 9.15. The summed E-state index contributed by atoms with van der Waals surface area (Å²) in [7, 11) is 1.17. The molecule has 3 aromatic carbocycles. The molecule has 0 unspecified atom stereocenters. The van der Waals surface area contributed by atoms with Gasteiger partial charge in [-0.15, -0.1) is 0 Å². The highest BCUT2D eigenvalue weighted by atomic mass is 19.4. The summed E-state index contributed by atoms with van der Waals surface area (Å²) in [4.78, 5) is 26.5. The number of nitriles is 1. The van der Waals surface area contributed by atoms with Crippen LogP contribution in [0.5, 0.6) is 0 Å². The molecule has 0 saturated heterocycles. The highest BCUT2D eigenvalue weighted by molar-refractivity contribution is 6.08. The van der Waals surface area contributed by atoms with Gasteiger partial charge in [-0.05, 0) is 54.6 Å². The number of alkyl halides is 13. The van der Waals surface area contributed by atoms with Crippen LogP contribution in [-0.2, 0) is 18.0 Å². The second-order valence-electron chi connectivity index (χ2n) is 9.15. The molecule has 1 N–H and O–H groups in total. The lowest BCUT2D eigenvalue weighted by atomic mass is 9.89. The third-order valence-electron chi connectivity index (χ3n) is 6.23. The van der Waals surface area contributed by atoms with Crippen LogP contribution in [0.4, 0.5) is 68.5 Å². The van der Waals surface area contributed by atoms with Crippen molar-refractivity contribution in [3.8, 4) is 6.07 Å². The third kappa shape index (κ3) is 6.81. The SMILES string of the molecule is CN(C(=O)c1ccc(C#N)cc1)c1cccc(C(=O)Nc2c(C(F)(F)F)cc(C(F)(C(F)(F)F)C(F)(F)F)cc2C(F)(F)F)c1. The quantitative estimate of drug-likeness (QED) is 0.280. The summed E-state index contributed by atoms with van der Waals surface area (Å²) in [6.45, 7) is 0. The van der Waals surface area contributed by atoms with Gasteiger partial charge in [0.2, 0.25) is 0 Å². The van der Waals surface area contributed by atoms with Crippen molar-refractivity contribution in [1.82, 2.24) is 0 Å². The number of hydrogen-bond acceptors (Lipinski definition) is 3. The summed E-state index contributed by atoms with van der Waals surface area (Å²) in [5, 5.41) is 10.1. The van der Waals surface area contributed by atoms with Gasteiger partial charge in [0.15, 0.2) is 0 Å². The van der Waals surface area contributed by atoms with Gasteiger partial charge < -0.3 is 10.2 Å². The van der Waals surface area contributed by atoms with Crippen LogP contribution in [0.25, 0.3) is 0 Å². The normalized spacial score (nSPS) is 12.8. The first-order valence-electron chi connectivity index (χ1n) is 11.8. The zero-order valence-electron chi connectivity index (χ0n) is 21.9. The van der Waals surface area contributed by atoms with Gasteiger partial charge >= 0.3 is 30.4 Å². The number of nitrogens with one attached hydrogen (secondary N) is 1. The molecule has 0 aromatic heterocycles. The van der Waals surface area contributed by atoms with Crippen LogP contribution in [0.2, 0.25) is 0 Å². The van der Waals surface area contributed by atoms with Gasteiger partial charge in [-0.1, -0.05) is 6.07 Å². The number of carbonyl (C=O) groups excluding carboxylic acids is 2. The molecule has 240 valence electrons. The summed E-state index contributed by atoms with van der Waals surface area (Å²) in [6, 6.07) is 8.62. The summed E-state index contributed by atoms with van der Waals surface area (Å²) < 4.78 is 177. The van der Waals surface area contributed by atoms with Crippen LogP contribution in [0.15, 0.2) is 60.7 Å². The summed E-state index contributed by atoms with van der Waals surface area (Å²) in [5.41, 5.74) is -18.4. The number of nitrogens with zero attached hydrogens (tertiary/aromatic N) is 2. The average Bonchev–Trinajstić information content (AvgIpc) is 2.93. The Balaban J connectivity index is 2.14. The van der Waals surface area contributed by atoms with Crippen molar-refractivity contribution in [3.05, 3.63) is 94.0 Å². The smallest absolute Gasteiger partial charge is 0.321 e. The average molecular weight is 659 g/mol. The van der Waals surface area contributed by atoms with E-state index in [0.29, 0.717) is 0 Å². The molecular formula is C27H14F13N3O2. The molecule has 0 fully saturated rings. The number of amides is 2. The van der Waals surface area contributed by atoms with Crippen LogP contribution >= 0.6 is 0 Å². The molecule has 0 aliphatic rings. The standard InChI is InChI=1S/C27H14F13N3O2/c1-43(22(45)14-7-5-13(12-41)6-8-14)17-4-2-3-15(9-17)21(44)42-20-18(24(29,30)31)10-16(11-19(20)25(32,33)34)23(28,26(35,36)37)27(38,39)40/h2-11H,1H3,(H,42,44). The Kier molecular flexibility index (Phi) is 8.93. The van der Waals surface area contributed by atoms with E-state index in [-0.39, 0.29) is 16.8 Å². The van der Waals surface area contributed by atoms with Gasteiger partial charge in [-0.2, -0.15) is 57.9 Å². The Bertz CT molecular complexity index is 1600. The van der Waals surface area contributed by atoms with E-state index in [1.54, 1.807) is 0 Å². The first kappa shape index (κ1) is 34.7. The number of anilines is 2. The maximum Gasteiger partial charge on any atom is 0.435 e. The topological polar surface area (TPSA) is 73.2 Å². The molecule has 0 atom stereocenters. The van der Waals surface area contributed by atoms with E-state index < -0.39 is 82.3 Å². The van der Waals surface area contributed by atoms with Gasteiger partial charge in [0, 0.05) is 29.4 Å². The molecular weight excluding hydrogens is 645 g/mol. The first-order chi connectivity index (χ1) is 20.4. The van der Waals surface area contributed by atoms with Gasteiger partial charge in [0.1, 0.15) is 0 Å². The van der Waals surface area contributed by atoms with Crippen molar-refractivity contribution in [3.63, 3.8) is 0 Å². The zero-order valence-corrected chi connectivity index (χ0v) is 21.9. The minimum atomic E-state index is -7.05. The summed E-state index contributed by atoms with van der Waals surface area (Å²) in [6.07, 6.45) is -26.4. The van der Waals surface area contributed by atoms with Crippen LogP contribution in [-0.4, -0.2) is 31.2 Å². The number of rotatable bonds is 5. The largest absolute Gasteiger partial charge is 0.435 e. The third-order valence-corrected chi connectivity index (χ3v) is 6.23. The Morgan fingerprint density at radius 1 is 0.711 bits per heavy atom. The van der Waals surface area contributed by atoms with Gasteiger partial charge in [0.05, 0.1) is 28.4 Å². The minimum Gasteiger partial charge on any atom is -0.321 e. The van der Waals surface area contributed by atoms with Crippen molar-refractivity contribution in [2.24, 2.45) is 0 Å². The molecule has 5 nitrogen and oxygen atoms in total. The second kappa shape index (κ2) is 11.6. The van der Waals surface area contributed by atoms with Crippen molar-refractivity contribution in [2.75, 3.05) is 17.3 Å². The molecule has 0 saturated carbocycles. The molecule has 0 radical (unpaired) electrons. The maximum absolute atomic E-state index is 14.6. The Hall–Kier alpha value is -4.82. The minimum absolute atomic E-state index is 0.0257. The van der Waals surface area contributed by atoms with Crippen LogP contribution in [0.3, 0.4) is 0 Å².